The predicted octanol–water partition coefficient (Wildman–Crippen LogP) is 3.06. The number of carbonyl (C=O) groups excluding carboxylic acids is 2. The van der Waals surface area contributed by atoms with Gasteiger partial charge in [-0.2, -0.15) is 0 Å². The van der Waals surface area contributed by atoms with Gasteiger partial charge in [-0.25, -0.2) is 0 Å². The molecule has 7 nitrogen and oxygen atoms in total. The molecule has 1 N–H and O–H groups in total. The Bertz CT molecular complexity index is 1110. The fourth-order valence-corrected chi connectivity index (χ4v) is 4.44. The lowest BCUT2D eigenvalue weighted by atomic mass is 9.94. The van der Waals surface area contributed by atoms with Gasteiger partial charge < -0.3 is 24.5 Å². The largest absolute Gasteiger partial charge is 0.507 e. The summed E-state index contributed by atoms with van der Waals surface area (Å²) >= 11 is 0. The molecule has 1 amide bonds. The summed E-state index contributed by atoms with van der Waals surface area (Å²) in [5, 5.41) is 11.3. The molecule has 7 heteroatoms. The fraction of sp³-hybridized carbons (Fsp3) is 0.385. The number of Topliss-reactive ketones (excluding diaryl/α,β-unsaturated/α-hetero) is 1. The van der Waals surface area contributed by atoms with Crippen molar-refractivity contribution in [3.05, 3.63) is 64.7 Å². The maximum Gasteiger partial charge on any atom is 0.295 e. The summed E-state index contributed by atoms with van der Waals surface area (Å²) in [4.78, 5) is 31.7. The Labute approximate surface area is 194 Å². The van der Waals surface area contributed by atoms with Gasteiger partial charge in [0.2, 0.25) is 0 Å². The van der Waals surface area contributed by atoms with Crippen molar-refractivity contribution in [3.8, 4) is 5.75 Å². The standard InChI is InChI=1S/C26H31N3O4/c1-16-14-19-15-18(8-11-21(19)33-16)24(30)22-23(17-6-9-20(10-7-17)28(4)5)29(13-12-27(2)3)26(32)25(22)31/h6-11,15-16,23,30H,12-14H2,1-5H3/b24-22+/t16-,23+/m1/s1. The van der Waals surface area contributed by atoms with Gasteiger partial charge in [0, 0.05) is 44.9 Å². The van der Waals surface area contributed by atoms with Crippen LogP contribution < -0.4 is 9.64 Å². The number of likely N-dealkylation sites (N-methyl/N-ethyl adjacent to an activating group) is 1. The van der Waals surface area contributed by atoms with Crippen LogP contribution in [0.15, 0.2) is 48.0 Å². The van der Waals surface area contributed by atoms with Gasteiger partial charge in [-0.1, -0.05) is 12.1 Å². The molecule has 0 saturated carbocycles. The van der Waals surface area contributed by atoms with Crippen LogP contribution in [0.25, 0.3) is 5.76 Å². The number of hydrogen-bond donors (Lipinski definition) is 1. The summed E-state index contributed by atoms with van der Waals surface area (Å²) in [6, 6.07) is 12.5. The Morgan fingerprint density at radius 3 is 2.42 bits per heavy atom. The van der Waals surface area contributed by atoms with Crippen LogP contribution >= 0.6 is 0 Å². The summed E-state index contributed by atoms with van der Waals surface area (Å²) in [5.41, 5.74) is 3.44. The zero-order valence-electron chi connectivity index (χ0n) is 19.8. The summed E-state index contributed by atoms with van der Waals surface area (Å²) in [5.74, 6) is -0.595. The first-order chi connectivity index (χ1) is 15.7. The first-order valence-corrected chi connectivity index (χ1v) is 11.2. The molecule has 174 valence electrons. The second-order valence-corrected chi connectivity index (χ2v) is 9.24. The van der Waals surface area contributed by atoms with Crippen LogP contribution in [0.3, 0.4) is 0 Å². The number of fused-ring (bicyclic) bond motifs is 1. The maximum absolute atomic E-state index is 13.2. The van der Waals surface area contributed by atoms with Gasteiger partial charge in [0.15, 0.2) is 0 Å². The van der Waals surface area contributed by atoms with Crippen molar-refractivity contribution in [3.63, 3.8) is 0 Å². The minimum atomic E-state index is -0.655. The molecule has 0 aliphatic carbocycles. The third-order valence-electron chi connectivity index (χ3n) is 6.22. The van der Waals surface area contributed by atoms with E-state index in [0.29, 0.717) is 18.7 Å². The number of hydrogen-bond acceptors (Lipinski definition) is 6. The number of aliphatic hydroxyl groups excluding tert-OH is 1. The smallest absolute Gasteiger partial charge is 0.295 e. The predicted molar refractivity (Wildman–Crippen MR) is 129 cm³/mol. The Balaban J connectivity index is 1.80. The molecule has 2 aliphatic heterocycles. The zero-order chi connectivity index (χ0) is 23.9. The number of amides is 1. The van der Waals surface area contributed by atoms with Crippen molar-refractivity contribution in [1.82, 2.24) is 9.80 Å². The lowest BCUT2D eigenvalue weighted by Gasteiger charge is -2.27. The average Bonchev–Trinajstić information content (AvgIpc) is 3.27. The molecule has 0 spiro atoms. The summed E-state index contributed by atoms with van der Waals surface area (Å²) in [7, 11) is 7.75. The highest BCUT2D eigenvalue weighted by molar-refractivity contribution is 6.46. The van der Waals surface area contributed by atoms with E-state index in [1.54, 1.807) is 11.0 Å². The average molecular weight is 450 g/mol. The highest BCUT2D eigenvalue weighted by atomic mass is 16.5. The topological polar surface area (TPSA) is 73.3 Å². The molecule has 1 saturated heterocycles. The third-order valence-corrected chi connectivity index (χ3v) is 6.22. The van der Waals surface area contributed by atoms with Crippen molar-refractivity contribution in [1.29, 1.82) is 0 Å². The minimum absolute atomic E-state index is 0.0734. The monoisotopic (exact) mass is 449 g/mol. The number of ether oxygens (including phenoxy) is 1. The highest BCUT2D eigenvalue weighted by Gasteiger charge is 2.46. The van der Waals surface area contributed by atoms with Crippen molar-refractivity contribution in [2.45, 2.75) is 25.5 Å². The van der Waals surface area contributed by atoms with Crippen LogP contribution in [0.2, 0.25) is 0 Å². The molecule has 4 rings (SSSR count). The van der Waals surface area contributed by atoms with E-state index < -0.39 is 17.7 Å². The van der Waals surface area contributed by atoms with Crippen LogP contribution in [0.4, 0.5) is 5.69 Å². The van der Waals surface area contributed by atoms with Gasteiger partial charge in [0.05, 0.1) is 11.6 Å². The molecule has 2 heterocycles. The van der Waals surface area contributed by atoms with Gasteiger partial charge in [0.1, 0.15) is 17.6 Å². The second kappa shape index (κ2) is 8.90. The van der Waals surface area contributed by atoms with E-state index in [2.05, 4.69) is 0 Å². The lowest BCUT2D eigenvalue weighted by molar-refractivity contribution is -0.140. The SMILES string of the molecule is C[C@@H]1Cc2cc(/C(O)=C3\C(=O)C(=O)N(CCN(C)C)[C@H]3c3ccc(N(C)C)cc3)ccc2O1. The molecule has 2 atom stereocenters. The molecule has 2 aromatic rings. The summed E-state index contributed by atoms with van der Waals surface area (Å²) in [6.45, 7) is 2.98. The quantitative estimate of drug-likeness (QED) is 0.415. The van der Waals surface area contributed by atoms with Crippen LogP contribution in [-0.4, -0.2) is 74.0 Å². The summed E-state index contributed by atoms with van der Waals surface area (Å²) in [6.07, 6.45) is 0.812. The normalized spacial score (nSPS) is 21.5. The molecule has 33 heavy (non-hydrogen) atoms. The molecule has 0 bridgehead atoms. The highest BCUT2D eigenvalue weighted by Crippen LogP contribution is 2.40. The van der Waals surface area contributed by atoms with E-state index in [0.717, 1.165) is 29.0 Å². The molecule has 0 unspecified atom stereocenters. The van der Waals surface area contributed by atoms with E-state index in [4.69, 9.17) is 4.74 Å². The van der Waals surface area contributed by atoms with E-state index in [9.17, 15) is 14.7 Å². The minimum Gasteiger partial charge on any atom is -0.507 e. The number of nitrogens with zero attached hydrogens (tertiary/aromatic N) is 3. The molecule has 0 aromatic heterocycles. The van der Waals surface area contributed by atoms with E-state index in [-0.39, 0.29) is 17.4 Å². The first kappa shape index (κ1) is 22.9. The van der Waals surface area contributed by atoms with Crippen molar-refractivity contribution in [2.24, 2.45) is 0 Å². The molecular formula is C26H31N3O4. The number of anilines is 1. The first-order valence-electron chi connectivity index (χ1n) is 11.2. The molecule has 2 aromatic carbocycles. The van der Waals surface area contributed by atoms with Crippen molar-refractivity contribution in [2.75, 3.05) is 46.2 Å². The Hall–Kier alpha value is -3.32. The third kappa shape index (κ3) is 4.33. The Kier molecular flexibility index (Phi) is 6.17. The molecule has 2 aliphatic rings. The van der Waals surface area contributed by atoms with Crippen molar-refractivity contribution >= 4 is 23.1 Å². The van der Waals surface area contributed by atoms with Crippen LogP contribution in [-0.2, 0) is 16.0 Å². The Morgan fingerprint density at radius 1 is 1.09 bits per heavy atom. The van der Waals surface area contributed by atoms with E-state index in [1.165, 1.54) is 0 Å². The maximum atomic E-state index is 13.2. The zero-order valence-corrected chi connectivity index (χ0v) is 19.8. The number of aliphatic hydroxyl groups is 1. The van der Waals surface area contributed by atoms with Gasteiger partial charge in [-0.15, -0.1) is 0 Å². The number of rotatable bonds is 6. The Morgan fingerprint density at radius 2 is 1.79 bits per heavy atom. The van der Waals surface area contributed by atoms with Gasteiger partial charge in [-0.05, 0) is 62.5 Å². The number of likely N-dealkylation sites (tertiary alicyclic amines) is 1. The second-order valence-electron chi connectivity index (χ2n) is 9.24. The summed E-state index contributed by atoms with van der Waals surface area (Å²) < 4.78 is 5.76. The number of ketones is 1. The van der Waals surface area contributed by atoms with Gasteiger partial charge >= 0.3 is 0 Å². The number of benzene rings is 2. The molecule has 1 fully saturated rings. The molecule has 0 radical (unpaired) electrons. The lowest BCUT2D eigenvalue weighted by Crippen LogP contribution is -2.35. The van der Waals surface area contributed by atoms with E-state index >= 15 is 0 Å². The van der Waals surface area contributed by atoms with Crippen LogP contribution in [0.1, 0.15) is 29.7 Å². The van der Waals surface area contributed by atoms with Crippen LogP contribution in [0, 0.1) is 0 Å². The van der Waals surface area contributed by atoms with Gasteiger partial charge in [-0.3, -0.25) is 9.59 Å². The van der Waals surface area contributed by atoms with E-state index in [1.807, 2.05) is 81.3 Å². The van der Waals surface area contributed by atoms with Crippen LogP contribution in [0.5, 0.6) is 5.75 Å². The van der Waals surface area contributed by atoms with Crippen molar-refractivity contribution < 1.29 is 19.4 Å². The number of carbonyl (C=O) groups is 2. The van der Waals surface area contributed by atoms with Gasteiger partial charge in [0.25, 0.3) is 11.7 Å². The fourth-order valence-electron chi connectivity index (χ4n) is 4.44. The molecular weight excluding hydrogens is 418 g/mol.